The van der Waals surface area contributed by atoms with Crippen LogP contribution in [-0.2, 0) is 22.7 Å². The molecule has 1 fully saturated rings. The fourth-order valence-corrected chi connectivity index (χ4v) is 8.90. The highest BCUT2D eigenvalue weighted by Gasteiger charge is 2.30. The molecule has 0 aromatic heterocycles. The summed E-state index contributed by atoms with van der Waals surface area (Å²) in [6.45, 7) is 32.9. The average molecular weight is 742 g/mol. The molecule has 0 saturated heterocycles. The monoisotopic (exact) mass is 742 g/mol. The maximum Gasteiger partial charge on any atom is 0.881 e. The molecule has 1 saturated carbocycles. The van der Waals surface area contributed by atoms with Gasteiger partial charge >= 0.3 is 15.9 Å². The van der Waals surface area contributed by atoms with Crippen molar-refractivity contribution in [2.45, 2.75) is 188 Å². The third-order valence-electron chi connectivity index (χ3n) is 11.7. The predicted octanol–water partition coefficient (Wildman–Crippen LogP) is 11.9. The van der Waals surface area contributed by atoms with Crippen molar-refractivity contribution in [2.75, 3.05) is 26.2 Å². The minimum absolute atomic E-state index is 0.00356. The molecule has 0 amide bonds. The van der Waals surface area contributed by atoms with Crippen molar-refractivity contribution in [2.24, 2.45) is 9.98 Å². The van der Waals surface area contributed by atoms with E-state index in [1.165, 1.54) is 104 Å². The van der Waals surface area contributed by atoms with Crippen LogP contribution in [0, 0.1) is 0 Å². The number of nitrogens with zero attached hydrogens (tertiary/aromatic N) is 3. The predicted molar refractivity (Wildman–Crippen MR) is 230 cm³/mol. The van der Waals surface area contributed by atoms with Gasteiger partial charge in [-0.25, -0.2) is 0 Å². The van der Waals surface area contributed by atoms with Crippen molar-refractivity contribution in [3.8, 4) is 11.5 Å². The lowest BCUT2D eigenvalue weighted by Gasteiger charge is -2.39. The second-order valence-corrected chi connectivity index (χ2v) is 20.1. The Kier molecular flexibility index (Phi) is 15.8. The lowest BCUT2D eigenvalue weighted by atomic mass is 9.79. The first-order valence-corrected chi connectivity index (χ1v) is 22.4. The van der Waals surface area contributed by atoms with Gasteiger partial charge < -0.3 is 12.1 Å². The zero-order valence-electron chi connectivity index (χ0n) is 36.2. The molecule has 1 heterocycles. The molecule has 0 bridgehead atoms. The molecule has 4 rings (SSSR count). The van der Waals surface area contributed by atoms with Crippen LogP contribution in [0.4, 0.5) is 0 Å². The SMILES string of the molecule is CCCC[N+](CCCC)(CCCC)CCCc1cc(C(C)(C)C)cc2c1[O][Al][O]c1c(cc(C(C)(C)C)cc1C(C)(C)C)C=NC1CCCCC1N=C2. The van der Waals surface area contributed by atoms with Gasteiger partial charge in [0.1, 0.15) is 0 Å². The second kappa shape index (κ2) is 19.1. The van der Waals surface area contributed by atoms with Crippen LogP contribution in [0.2, 0.25) is 0 Å². The number of aliphatic imine (C=N–C) groups is 2. The van der Waals surface area contributed by atoms with Crippen LogP contribution in [0.5, 0.6) is 11.5 Å². The summed E-state index contributed by atoms with van der Waals surface area (Å²) in [6, 6.07) is 9.78. The quantitative estimate of drug-likeness (QED) is 0.152. The second-order valence-electron chi connectivity index (χ2n) is 19.5. The molecule has 293 valence electrons. The molecule has 1 radical (unpaired) electrons. The van der Waals surface area contributed by atoms with Gasteiger partial charge in [-0.3, -0.25) is 9.98 Å². The number of fused-ring (bicyclic) bond motifs is 3. The summed E-state index contributed by atoms with van der Waals surface area (Å²) in [6.07, 6.45) is 18.6. The molecule has 0 spiro atoms. The van der Waals surface area contributed by atoms with Crippen molar-refractivity contribution < 1.29 is 12.1 Å². The van der Waals surface area contributed by atoms with Crippen LogP contribution in [0.25, 0.3) is 0 Å². The van der Waals surface area contributed by atoms with Gasteiger partial charge in [-0.2, -0.15) is 0 Å². The van der Waals surface area contributed by atoms with Gasteiger partial charge in [-0.15, -0.1) is 0 Å². The van der Waals surface area contributed by atoms with Crippen LogP contribution in [-0.4, -0.2) is 71.1 Å². The highest BCUT2D eigenvalue weighted by atomic mass is 27.2. The van der Waals surface area contributed by atoms with Crippen molar-refractivity contribution in [3.05, 3.63) is 57.6 Å². The molecule has 5 nitrogen and oxygen atoms in total. The Morgan fingerprint density at radius 3 is 1.53 bits per heavy atom. The van der Waals surface area contributed by atoms with E-state index < -0.39 is 15.9 Å². The third-order valence-corrected chi connectivity index (χ3v) is 12.4. The van der Waals surface area contributed by atoms with Gasteiger partial charge in [0.25, 0.3) is 0 Å². The van der Waals surface area contributed by atoms with Crippen molar-refractivity contribution in [1.29, 1.82) is 0 Å². The molecule has 2 aromatic rings. The summed E-state index contributed by atoms with van der Waals surface area (Å²) < 4.78 is 15.1. The number of hydrogen-bond donors (Lipinski definition) is 0. The first kappa shape index (κ1) is 43.6. The first-order valence-electron chi connectivity index (χ1n) is 21.4. The van der Waals surface area contributed by atoms with Gasteiger partial charge in [0, 0.05) is 30.0 Å². The number of quaternary nitrogens is 1. The number of unbranched alkanes of at least 4 members (excludes halogenated alkanes) is 3. The largest absolute Gasteiger partial charge is 0.881 e. The average Bonchev–Trinajstić information content (AvgIpc) is 3.10. The van der Waals surface area contributed by atoms with E-state index in [0.29, 0.717) is 0 Å². The topological polar surface area (TPSA) is 43.2 Å². The molecular weight excluding hydrogens is 666 g/mol. The molecule has 1 aliphatic carbocycles. The van der Waals surface area contributed by atoms with E-state index in [9.17, 15) is 0 Å². The molecule has 2 aromatic carbocycles. The van der Waals surface area contributed by atoms with Crippen LogP contribution < -0.4 is 7.58 Å². The van der Waals surface area contributed by atoms with E-state index in [2.05, 4.69) is 120 Å². The standard InChI is InChI=1S/C47H77N3O2.Al/c1-13-16-25-50(26-17-14-2,27-18-15-3)28-21-22-35-29-38(45(4,5)6)30-36(43(35)51)33-48-41-23-19-20-24-42(41)49-34-37-31-39(46(7,8)9)32-40(44(37)52)47(10,11)12;/h29-34,41-42H,13-28H2,1-12H3,(H-,48,49,51,52);/q;+2/p-1. The van der Waals surface area contributed by atoms with Crippen molar-refractivity contribution in [3.63, 3.8) is 0 Å². The van der Waals surface area contributed by atoms with E-state index >= 15 is 0 Å². The summed E-state index contributed by atoms with van der Waals surface area (Å²) in [5, 5.41) is 0. The molecule has 1 aliphatic heterocycles. The molecule has 2 aliphatic rings. The zero-order chi connectivity index (χ0) is 38.9. The Morgan fingerprint density at radius 1 is 0.604 bits per heavy atom. The lowest BCUT2D eigenvalue weighted by Crippen LogP contribution is -2.50. The van der Waals surface area contributed by atoms with E-state index in [0.717, 1.165) is 48.3 Å². The molecule has 0 N–H and O–H groups in total. The molecular formula is C47H76AlN3O2+. The number of benzene rings is 2. The Bertz CT molecular complexity index is 1500. The van der Waals surface area contributed by atoms with Crippen LogP contribution >= 0.6 is 0 Å². The number of rotatable bonds is 13. The number of aryl methyl sites for hydroxylation is 1. The van der Waals surface area contributed by atoms with Crippen LogP contribution in [0.3, 0.4) is 0 Å². The Hall–Kier alpha value is -2.13. The van der Waals surface area contributed by atoms with E-state index in [4.69, 9.17) is 17.6 Å². The smallest absolute Gasteiger partial charge is 0.615 e. The van der Waals surface area contributed by atoms with Gasteiger partial charge in [0.15, 0.2) is 0 Å². The summed E-state index contributed by atoms with van der Waals surface area (Å²) >= 11 is -0.828. The van der Waals surface area contributed by atoms with E-state index in [1.807, 2.05) is 0 Å². The van der Waals surface area contributed by atoms with Crippen molar-refractivity contribution >= 4 is 28.3 Å². The summed E-state index contributed by atoms with van der Waals surface area (Å²) in [5.74, 6) is 1.90. The summed E-state index contributed by atoms with van der Waals surface area (Å²) in [4.78, 5) is 10.7. The Balaban J connectivity index is 1.82. The zero-order valence-corrected chi connectivity index (χ0v) is 37.3. The number of hydrogen-bond acceptors (Lipinski definition) is 4. The maximum atomic E-state index is 6.96. The molecule has 2 unspecified atom stereocenters. The first-order chi connectivity index (χ1) is 25.0. The molecule has 2 atom stereocenters. The Morgan fingerprint density at radius 2 is 1.06 bits per heavy atom. The van der Waals surface area contributed by atoms with Gasteiger partial charge in [0.05, 0.1) is 49.8 Å². The normalized spacial score (nSPS) is 18.3. The van der Waals surface area contributed by atoms with E-state index in [1.54, 1.807) is 0 Å². The Labute approximate surface area is 332 Å². The van der Waals surface area contributed by atoms with Gasteiger partial charge in [-0.1, -0.05) is 127 Å². The maximum absolute atomic E-state index is 6.96. The van der Waals surface area contributed by atoms with Crippen LogP contribution in [0.15, 0.2) is 34.3 Å². The minimum Gasteiger partial charge on any atom is -0.615 e. The summed E-state index contributed by atoms with van der Waals surface area (Å²) in [7, 11) is 0. The fraction of sp³-hybridized carbons (Fsp3) is 0.702. The highest BCUT2D eigenvalue weighted by Crippen LogP contribution is 2.39. The fourth-order valence-electron chi connectivity index (χ4n) is 8.11. The lowest BCUT2D eigenvalue weighted by molar-refractivity contribution is -0.929. The highest BCUT2D eigenvalue weighted by molar-refractivity contribution is 6.21. The molecule has 6 heteroatoms. The van der Waals surface area contributed by atoms with Gasteiger partial charge in [-0.05, 0) is 89.2 Å². The third kappa shape index (κ3) is 12.2. The van der Waals surface area contributed by atoms with Gasteiger partial charge in [0.2, 0.25) is 0 Å². The minimum atomic E-state index is -0.828. The van der Waals surface area contributed by atoms with Crippen LogP contribution in [0.1, 0.15) is 187 Å². The summed E-state index contributed by atoms with van der Waals surface area (Å²) in [5.41, 5.74) is 7.25. The van der Waals surface area contributed by atoms with Crippen molar-refractivity contribution in [1.82, 2.24) is 0 Å². The molecule has 53 heavy (non-hydrogen) atoms. The van der Waals surface area contributed by atoms with E-state index in [-0.39, 0.29) is 28.3 Å².